The first kappa shape index (κ1) is 12.5. The van der Waals surface area contributed by atoms with E-state index in [-0.39, 0.29) is 11.4 Å². The Balaban J connectivity index is 2.11. The summed E-state index contributed by atoms with van der Waals surface area (Å²) in [4.78, 5) is 23.3. The number of anilines is 2. The van der Waals surface area contributed by atoms with E-state index >= 15 is 0 Å². The van der Waals surface area contributed by atoms with Crippen molar-refractivity contribution in [1.82, 2.24) is 15.0 Å². The molecule has 0 bridgehead atoms. The largest absolute Gasteiger partial charge is 0.398 e. The molecule has 0 aliphatic heterocycles. The van der Waals surface area contributed by atoms with Crippen molar-refractivity contribution in [2.24, 2.45) is 0 Å². The fraction of sp³-hybridized carbons (Fsp3) is 0. The summed E-state index contributed by atoms with van der Waals surface area (Å²) in [6.45, 7) is 0. The van der Waals surface area contributed by atoms with Gasteiger partial charge in [0, 0.05) is 28.2 Å². The number of nitrogens with one attached hydrogen (secondary N) is 1. The zero-order valence-corrected chi connectivity index (χ0v) is 11.1. The third kappa shape index (κ3) is 2.30. The van der Waals surface area contributed by atoms with Gasteiger partial charge in [-0.2, -0.15) is 0 Å². The van der Waals surface area contributed by atoms with Gasteiger partial charge in [-0.1, -0.05) is 0 Å². The van der Waals surface area contributed by atoms with Crippen molar-refractivity contribution in [3.8, 4) is 0 Å². The fourth-order valence-electron chi connectivity index (χ4n) is 1.86. The van der Waals surface area contributed by atoms with Gasteiger partial charge >= 0.3 is 0 Å². The predicted octanol–water partition coefficient (Wildman–Crippen LogP) is 1.63. The quantitative estimate of drug-likeness (QED) is 0.487. The van der Waals surface area contributed by atoms with Crippen LogP contribution in [0.25, 0.3) is 10.9 Å². The van der Waals surface area contributed by atoms with Crippen molar-refractivity contribution in [3.63, 3.8) is 0 Å². The Morgan fingerprint density at radius 2 is 2.05 bits per heavy atom. The first-order chi connectivity index (χ1) is 9.63. The maximum absolute atomic E-state index is 11.4. The Morgan fingerprint density at radius 3 is 2.85 bits per heavy atom. The summed E-state index contributed by atoms with van der Waals surface area (Å²) in [6, 6.07) is 8.61. The standard InChI is InChI=1S/C13H11N5OS/c14-8-3-4-9(12-7(8)2-1-5-16-12)20-13-17-10(15)6-11(19)18-13/h1-6H,14H2,(H3,15,17,18,19). The van der Waals surface area contributed by atoms with E-state index in [1.54, 1.807) is 12.3 Å². The molecule has 1 aromatic carbocycles. The molecule has 0 spiro atoms. The van der Waals surface area contributed by atoms with E-state index in [0.29, 0.717) is 10.8 Å². The molecule has 3 rings (SSSR count). The van der Waals surface area contributed by atoms with Crippen LogP contribution in [0.2, 0.25) is 0 Å². The summed E-state index contributed by atoms with van der Waals surface area (Å²) < 4.78 is 0. The number of rotatable bonds is 2. The van der Waals surface area contributed by atoms with Gasteiger partial charge in [-0.05, 0) is 36.0 Å². The van der Waals surface area contributed by atoms with Gasteiger partial charge in [0.05, 0.1) is 5.52 Å². The molecule has 20 heavy (non-hydrogen) atoms. The van der Waals surface area contributed by atoms with Crippen LogP contribution in [0.4, 0.5) is 11.5 Å². The fourth-order valence-corrected chi connectivity index (χ4v) is 2.76. The number of H-pyrrole nitrogens is 1. The van der Waals surface area contributed by atoms with Crippen LogP contribution in [-0.2, 0) is 0 Å². The molecule has 0 saturated carbocycles. The average molecular weight is 285 g/mol. The van der Waals surface area contributed by atoms with Crippen LogP contribution < -0.4 is 17.0 Å². The van der Waals surface area contributed by atoms with Gasteiger partial charge in [0.1, 0.15) is 5.82 Å². The van der Waals surface area contributed by atoms with E-state index < -0.39 is 0 Å². The Kier molecular flexibility index (Phi) is 3.03. The highest BCUT2D eigenvalue weighted by atomic mass is 32.2. The highest BCUT2D eigenvalue weighted by Gasteiger charge is 2.08. The Hall–Kier alpha value is -2.54. The Morgan fingerprint density at radius 1 is 1.20 bits per heavy atom. The number of hydrogen-bond acceptors (Lipinski definition) is 6. The second kappa shape index (κ2) is 4.86. The molecule has 0 radical (unpaired) electrons. The van der Waals surface area contributed by atoms with E-state index in [1.807, 2.05) is 18.2 Å². The lowest BCUT2D eigenvalue weighted by Crippen LogP contribution is -2.09. The van der Waals surface area contributed by atoms with Crippen LogP contribution in [0.3, 0.4) is 0 Å². The maximum Gasteiger partial charge on any atom is 0.253 e. The van der Waals surface area contributed by atoms with Crippen molar-refractivity contribution < 1.29 is 0 Å². The number of fused-ring (bicyclic) bond motifs is 1. The summed E-state index contributed by atoms with van der Waals surface area (Å²) >= 11 is 1.29. The van der Waals surface area contributed by atoms with Gasteiger partial charge in [-0.15, -0.1) is 0 Å². The molecule has 0 unspecified atom stereocenters. The molecule has 100 valence electrons. The van der Waals surface area contributed by atoms with Crippen LogP contribution in [0.15, 0.2) is 51.4 Å². The first-order valence-corrected chi connectivity index (χ1v) is 6.63. The van der Waals surface area contributed by atoms with Gasteiger partial charge in [0.25, 0.3) is 5.56 Å². The minimum absolute atomic E-state index is 0.184. The lowest BCUT2D eigenvalue weighted by molar-refractivity contribution is 0.946. The van der Waals surface area contributed by atoms with Crippen molar-refractivity contribution >= 4 is 34.2 Å². The Bertz CT molecular complexity index is 846. The number of hydrogen-bond donors (Lipinski definition) is 3. The van der Waals surface area contributed by atoms with Gasteiger partial charge in [0.15, 0.2) is 5.16 Å². The molecule has 0 atom stereocenters. The van der Waals surface area contributed by atoms with Crippen LogP contribution >= 0.6 is 11.8 Å². The van der Waals surface area contributed by atoms with Crippen LogP contribution in [0.5, 0.6) is 0 Å². The molecular formula is C13H11N5OS. The molecule has 0 amide bonds. The number of aromatic nitrogens is 3. The molecule has 6 nitrogen and oxygen atoms in total. The van der Waals surface area contributed by atoms with Crippen LogP contribution in [-0.4, -0.2) is 15.0 Å². The first-order valence-electron chi connectivity index (χ1n) is 5.81. The van der Waals surface area contributed by atoms with Crippen LogP contribution in [0, 0.1) is 0 Å². The zero-order valence-electron chi connectivity index (χ0n) is 10.3. The number of nitrogens with two attached hydrogens (primary N) is 2. The number of aromatic amines is 1. The van der Waals surface area contributed by atoms with E-state index in [4.69, 9.17) is 11.5 Å². The number of pyridine rings is 1. The van der Waals surface area contributed by atoms with Crippen molar-refractivity contribution in [1.29, 1.82) is 0 Å². The summed E-state index contributed by atoms with van der Waals surface area (Å²) in [5.41, 5.74) is 12.6. The molecule has 2 heterocycles. The van der Waals surface area contributed by atoms with E-state index in [2.05, 4.69) is 15.0 Å². The highest BCUT2D eigenvalue weighted by molar-refractivity contribution is 7.99. The third-order valence-electron chi connectivity index (χ3n) is 2.71. The summed E-state index contributed by atoms with van der Waals surface area (Å²) in [5, 5.41) is 1.29. The monoisotopic (exact) mass is 285 g/mol. The number of nitrogens with zero attached hydrogens (tertiary/aromatic N) is 2. The SMILES string of the molecule is Nc1cc(=O)[nH]c(Sc2ccc(N)c3cccnc23)n1. The van der Waals surface area contributed by atoms with Crippen molar-refractivity contribution in [2.45, 2.75) is 10.1 Å². The lowest BCUT2D eigenvalue weighted by atomic mass is 10.2. The zero-order chi connectivity index (χ0) is 14.1. The molecule has 0 aliphatic rings. The van der Waals surface area contributed by atoms with Gasteiger partial charge < -0.3 is 16.5 Å². The second-order valence-electron chi connectivity index (χ2n) is 4.13. The minimum atomic E-state index is -0.285. The molecule has 2 aromatic heterocycles. The smallest absolute Gasteiger partial charge is 0.253 e. The van der Waals surface area contributed by atoms with E-state index in [9.17, 15) is 4.79 Å². The Labute approximate surface area is 118 Å². The van der Waals surface area contributed by atoms with Crippen LogP contribution in [0.1, 0.15) is 0 Å². The van der Waals surface area contributed by atoms with E-state index in [1.165, 1.54) is 17.8 Å². The molecule has 0 fully saturated rings. The van der Waals surface area contributed by atoms with Gasteiger partial charge in [-0.3, -0.25) is 9.78 Å². The molecule has 0 aliphatic carbocycles. The lowest BCUT2D eigenvalue weighted by Gasteiger charge is -2.07. The molecular weight excluding hydrogens is 274 g/mol. The van der Waals surface area contributed by atoms with E-state index in [0.717, 1.165) is 15.8 Å². The summed E-state index contributed by atoms with van der Waals surface area (Å²) in [5.74, 6) is 0.184. The van der Waals surface area contributed by atoms with Gasteiger partial charge in [-0.25, -0.2) is 4.98 Å². The molecule has 3 aromatic rings. The maximum atomic E-state index is 11.4. The predicted molar refractivity (Wildman–Crippen MR) is 79.5 cm³/mol. The van der Waals surface area contributed by atoms with Gasteiger partial charge in [0.2, 0.25) is 0 Å². The number of benzene rings is 1. The second-order valence-corrected chi connectivity index (χ2v) is 5.16. The normalized spacial score (nSPS) is 10.8. The minimum Gasteiger partial charge on any atom is -0.398 e. The average Bonchev–Trinajstić information content (AvgIpc) is 2.41. The van der Waals surface area contributed by atoms with Crippen molar-refractivity contribution in [3.05, 3.63) is 46.9 Å². The topological polar surface area (TPSA) is 111 Å². The summed E-state index contributed by atoms with van der Waals surface area (Å²) in [6.07, 6.45) is 1.70. The molecule has 7 heteroatoms. The van der Waals surface area contributed by atoms with Crippen molar-refractivity contribution in [2.75, 3.05) is 11.5 Å². The molecule has 0 saturated heterocycles. The summed E-state index contributed by atoms with van der Waals surface area (Å²) in [7, 11) is 0. The highest BCUT2D eigenvalue weighted by Crippen LogP contribution is 2.32. The molecule has 5 N–H and O–H groups in total. The number of nitrogen functional groups attached to an aromatic ring is 2. The third-order valence-corrected chi connectivity index (χ3v) is 3.65.